The van der Waals surface area contributed by atoms with Gasteiger partial charge in [-0.3, -0.25) is 4.79 Å². The molecule has 0 atom stereocenters. The van der Waals surface area contributed by atoms with Crippen LogP contribution < -0.4 is 10.2 Å². The van der Waals surface area contributed by atoms with Gasteiger partial charge in [0.1, 0.15) is 0 Å². The Morgan fingerprint density at radius 1 is 1.15 bits per heavy atom. The lowest BCUT2D eigenvalue weighted by molar-refractivity contribution is 0.0801. The molecule has 0 saturated heterocycles. The lowest BCUT2D eigenvalue weighted by Gasteiger charge is -2.24. The van der Waals surface area contributed by atoms with Crippen molar-refractivity contribution in [2.75, 3.05) is 43.9 Å². The van der Waals surface area contributed by atoms with Gasteiger partial charge in [0.15, 0.2) is 5.82 Å². The summed E-state index contributed by atoms with van der Waals surface area (Å²) in [5.41, 5.74) is 2.69. The minimum Gasteiger partial charge on any atom is -0.382 e. The standard InChI is InChI=1S/C20H25N5O/c1-4-21-18-10-7-11-22-19(18)24(2)12-13-25(3)20(26)16-14-23-17-9-6-5-8-15(16)17/h5-11,14,21,23H,4,12-13H2,1-3H3. The zero-order chi connectivity index (χ0) is 18.5. The van der Waals surface area contributed by atoms with Crippen LogP contribution in [0.4, 0.5) is 11.5 Å². The maximum Gasteiger partial charge on any atom is 0.255 e. The molecule has 0 aliphatic rings. The predicted molar refractivity (Wildman–Crippen MR) is 107 cm³/mol. The van der Waals surface area contributed by atoms with Gasteiger partial charge in [0.2, 0.25) is 0 Å². The number of para-hydroxylation sites is 1. The van der Waals surface area contributed by atoms with E-state index in [1.54, 1.807) is 17.3 Å². The number of pyridine rings is 1. The molecular weight excluding hydrogens is 326 g/mol. The van der Waals surface area contributed by atoms with E-state index >= 15 is 0 Å². The van der Waals surface area contributed by atoms with E-state index in [1.807, 2.05) is 50.5 Å². The minimum atomic E-state index is 0.0174. The number of aromatic nitrogens is 2. The Hall–Kier alpha value is -3.02. The molecule has 0 aliphatic heterocycles. The highest BCUT2D eigenvalue weighted by molar-refractivity contribution is 6.06. The topological polar surface area (TPSA) is 64.3 Å². The Morgan fingerprint density at radius 2 is 1.96 bits per heavy atom. The van der Waals surface area contributed by atoms with Crippen LogP contribution in [0, 0.1) is 0 Å². The molecule has 0 spiro atoms. The molecule has 3 aromatic rings. The summed E-state index contributed by atoms with van der Waals surface area (Å²) in [6, 6.07) is 11.8. The van der Waals surface area contributed by atoms with Crippen LogP contribution in [0.5, 0.6) is 0 Å². The molecule has 1 amide bonds. The molecule has 0 aliphatic carbocycles. The fraction of sp³-hybridized carbons (Fsp3) is 0.300. The molecule has 2 heterocycles. The van der Waals surface area contributed by atoms with Gasteiger partial charge in [-0.05, 0) is 25.1 Å². The van der Waals surface area contributed by atoms with Crippen LogP contribution in [0.25, 0.3) is 10.9 Å². The molecule has 0 saturated carbocycles. The third kappa shape index (κ3) is 3.64. The summed E-state index contributed by atoms with van der Waals surface area (Å²) < 4.78 is 0. The minimum absolute atomic E-state index is 0.0174. The highest BCUT2D eigenvalue weighted by atomic mass is 16.2. The van der Waals surface area contributed by atoms with E-state index in [0.29, 0.717) is 18.7 Å². The fourth-order valence-corrected chi connectivity index (χ4v) is 2.99. The summed E-state index contributed by atoms with van der Waals surface area (Å²) in [6.45, 7) is 4.20. The van der Waals surface area contributed by atoms with Crippen LogP contribution in [0.1, 0.15) is 17.3 Å². The summed E-state index contributed by atoms with van der Waals surface area (Å²) in [5, 5.41) is 4.28. The largest absolute Gasteiger partial charge is 0.382 e. The molecular formula is C20H25N5O. The van der Waals surface area contributed by atoms with Gasteiger partial charge in [0.25, 0.3) is 5.91 Å². The number of anilines is 2. The van der Waals surface area contributed by atoms with Crippen LogP contribution in [0.15, 0.2) is 48.8 Å². The third-order valence-electron chi connectivity index (χ3n) is 4.45. The number of H-pyrrole nitrogens is 1. The lowest BCUT2D eigenvalue weighted by Crippen LogP contribution is -2.35. The van der Waals surface area contributed by atoms with Crippen molar-refractivity contribution in [1.29, 1.82) is 0 Å². The summed E-state index contributed by atoms with van der Waals surface area (Å²) in [7, 11) is 3.83. The van der Waals surface area contributed by atoms with Crippen molar-refractivity contribution in [2.24, 2.45) is 0 Å². The monoisotopic (exact) mass is 351 g/mol. The first-order chi connectivity index (χ1) is 12.6. The number of hydrogen-bond acceptors (Lipinski definition) is 4. The normalized spacial score (nSPS) is 10.7. The van der Waals surface area contributed by atoms with Crippen molar-refractivity contribution in [3.05, 3.63) is 54.4 Å². The van der Waals surface area contributed by atoms with Crippen molar-refractivity contribution in [3.8, 4) is 0 Å². The lowest BCUT2D eigenvalue weighted by atomic mass is 10.1. The van der Waals surface area contributed by atoms with Gasteiger partial charge in [-0.25, -0.2) is 4.98 Å². The van der Waals surface area contributed by atoms with E-state index in [4.69, 9.17) is 0 Å². The average Bonchev–Trinajstić information content (AvgIpc) is 3.10. The first kappa shape index (κ1) is 17.8. The summed E-state index contributed by atoms with van der Waals surface area (Å²) in [6.07, 6.45) is 3.57. The van der Waals surface area contributed by atoms with Gasteiger partial charge in [-0.1, -0.05) is 18.2 Å². The zero-order valence-corrected chi connectivity index (χ0v) is 15.5. The Balaban J connectivity index is 1.67. The molecule has 3 rings (SSSR count). The van der Waals surface area contributed by atoms with Crippen molar-refractivity contribution < 1.29 is 4.79 Å². The SMILES string of the molecule is CCNc1cccnc1N(C)CCN(C)C(=O)c1c[nH]c2ccccc12. The van der Waals surface area contributed by atoms with Crippen molar-refractivity contribution in [2.45, 2.75) is 6.92 Å². The van der Waals surface area contributed by atoms with Crippen LogP contribution in [0.2, 0.25) is 0 Å². The molecule has 2 aromatic heterocycles. The van der Waals surface area contributed by atoms with Gasteiger partial charge in [0, 0.05) is 57.0 Å². The summed E-state index contributed by atoms with van der Waals surface area (Å²) in [5.74, 6) is 0.908. The highest BCUT2D eigenvalue weighted by Gasteiger charge is 2.17. The number of likely N-dealkylation sites (N-methyl/N-ethyl adjacent to an activating group) is 2. The van der Waals surface area contributed by atoms with E-state index in [2.05, 4.69) is 27.1 Å². The molecule has 0 unspecified atom stereocenters. The molecule has 6 nitrogen and oxygen atoms in total. The molecule has 1 aromatic carbocycles. The van der Waals surface area contributed by atoms with E-state index in [0.717, 1.165) is 29.0 Å². The van der Waals surface area contributed by atoms with Gasteiger partial charge in [-0.15, -0.1) is 0 Å². The Bertz CT molecular complexity index is 889. The molecule has 136 valence electrons. The van der Waals surface area contributed by atoms with Gasteiger partial charge < -0.3 is 20.1 Å². The summed E-state index contributed by atoms with van der Waals surface area (Å²) in [4.78, 5) is 24.2. The van der Waals surface area contributed by atoms with Gasteiger partial charge in [-0.2, -0.15) is 0 Å². The van der Waals surface area contributed by atoms with E-state index in [-0.39, 0.29) is 5.91 Å². The maximum absolute atomic E-state index is 12.8. The molecule has 0 fully saturated rings. The van der Waals surface area contributed by atoms with E-state index in [9.17, 15) is 4.79 Å². The molecule has 0 bridgehead atoms. The number of carbonyl (C=O) groups is 1. The Kier molecular flexibility index (Phi) is 5.41. The highest BCUT2D eigenvalue weighted by Crippen LogP contribution is 2.22. The first-order valence-corrected chi connectivity index (χ1v) is 8.83. The van der Waals surface area contributed by atoms with Crippen molar-refractivity contribution >= 4 is 28.3 Å². The number of nitrogens with zero attached hydrogens (tertiary/aromatic N) is 3. The van der Waals surface area contributed by atoms with E-state index < -0.39 is 0 Å². The molecule has 6 heteroatoms. The number of aromatic amines is 1. The van der Waals surface area contributed by atoms with Crippen LogP contribution in [-0.4, -0.2) is 54.5 Å². The first-order valence-electron chi connectivity index (χ1n) is 8.83. The average molecular weight is 351 g/mol. The van der Waals surface area contributed by atoms with Crippen LogP contribution in [0.3, 0.4) is 0 Å². The Labute approximate surface area is 153 Å². The van der Waals surface area contributed by atoms with Crippen LogP contribution in [-0.2, 0) is 0 Å². The second-order valence-corrected chi connectivity index (χ2v) is 6.30. The van der Waals surface area contributed by atoms with Crippen molar-refractivity contribution in [3.63, 3.8) is 0 Å². The third-order valence-corrected chi connectivity index (χ3v) is 4.45. The fourth-order valence-electron chi connectivity index (χ4n) is 2.99. The van der Waals surface area contributed by atoms with E-state index in [1.165, 1.54) is 0 Å². The number of benzene rings is 1. The Morgan fingerprint density at radius 3 is 2.77 bits per heavy atom. The maximum atomic E-state index is 12.8. The number of rotatable bonds is 7. The molecule has 0 radical (unpaired) electrons. The molecule has 26 heavy (non-hydrogen) atoms. The summed E-state index contributed by atoms with van der Waals surface area (Å²) >= 11 is 0. The van der Waals surface area contributed by atoms with Gasteiger partial charge in [0.05, 0.1) is 11.3 Å². The second kappa shape index (κ2) is 7.91. The van der Waals surface area contributed by atoms with Gasteiger partial charge >= 0.3 is 0 Å². The number of carbonyl (C=O) groups excluding carboxylic acids is 1. The zero-order valence-electron chi connectivity index (χ0n) is 15.5. The number of amides is 1. The van der Waals surface area contributed by atoms with Crippen LogP contribution >= 0.6 is 0 Å². The number of fused-ring (bicyclic) bond motifs is 1. The quantitative estimate of drug-likeness (QED) is 0.686. The number of nitrogens with one attached hydrogen (secondary N) is 2. The number of hydrogen-bond donors (Lipinski definition) is 2. The van der Waals surface area contributed by atoms with Crippen molar-refractivity contribution in [1.82, 2.24) is 14.9 Å². The second-order valence-electron chi connectivity index (χ2n) is 6.30. The smallest absolute Gasteiger partial charge is 0.255 e. The predicted octanol–water partition coefficient (Wildman–Crippen LogP) is 3.20. The molecule has 2 N–H and O–H groups in total.